The van der Waals surface area contributed by atoms with Gasteiger partial charge in [0.05, 0.1) is 0 Å². The van der Waals surface area contributed by atoms with Gasteiger partial charge in [0.15, 0.2) is 4.90 Å². The first kappa shape index (κ1) is 14.9. The van der Waals surface area contributed by atoms with Gasteiger partial charge in [-0.05, 0) is 18.8 Å². The zero-order valence-corrected chi connectivity index (χ0v) is 11.7. The van der Waals surface area contributed by atoms with E-state index in [1.54, 1.807) is 0 Å². The first-order valence-electron chi connectivity index (χ1n) is 6.48. The molecule has 8 nitrogen and oxygen atoms in total. The molecule has 20 heavy (non-hydrogen) atoms. The van der Waals surface area contributed by atoms with Crippen molar-refractivity contribution in [2.45, 2.75) is 36.6 Å². The minimum Gasteiger partial charge on any atom is -0.329 e. The molecule has 1 aromatic rings. The Bertz CT molecular complexity index is 672. The van der Waals surface area contributed by atoms with Gasteiger partial charge in [-0.15, -0.1) is 0 Å². The number of rotatable bonds is 5. The Balaban J connectivity index is 2.25. The number of H-pyrrole nitrogens is 2. The van der Waals surface area contributed by atoms with Crippen LogP contribution in [-0.2, 0) is 10.0 Å². The summed E-state index contributed by atoms with van der Waals surface area (Å²) < 4.78 is 26.8. The van der Waals surface area contributed by atoms with Crippen molar-refractivity contribution in [3.05, 3.63) is 27.0 Å². The van der Waals surface area contributed by atoms with Crippen LogP contribution in [0.1, 0.15) is 25.7 Å². The van der Waals surface area contributed by atoms with E-state index < -0.39 is 32.2 Å². The molecule has 0 radical (unpaired) electrons. The highest BCUT2D eigenvalue weighted by Gasteiger charge is 2.29. The molecule has 0 amide bonds. The summed E-state index contributed by atoms with van der Waals surface area (Å²) in [5.41, 5.74) is 3.94. The molecule has 0 aliphatic heterocycles. The lowest BCUT2D eigenvalue weighted by atomic mass is 9.99. The van der Waals surface area contributed by atoms with Gasteiger partial charge in [-0.25, -0.2) is 17.9 Å². The molecule has 2 rings (SSSR count). The maximum absolute atomic E-state index is 12.2. The average Bonchev–Trinajstić information content (AvgIpc) is 2.89. The van der Waals surface area contributed by atoms with Crippen molar-refractivity contribution in [3.63, 3.8) is 0 Å². The van der Waals surface area contributed by atoms with Crippen molar-refractivity contribution in [2.75, 3.05) is 6.54 Å². The highest BCUT2D eigenvalue weighted by Crippen LogP contribution is 2.27. The molecular formula is C11H18N4O4S. The predicted octanol–water partition coefficient (Wildman–Crippen LogP) is -1.14. The molecule has 1 saturated carbocycles. The van der Waals surface area contributed by atoms with Gasteiger partial charge in [-0.2, -0.15) is 0 Å². The van der Waals surface area contributed by atoms with E-state index in [0.717, 1.165) is 31.9 Å². The van der Waals surface area contributed by atoms with E-state index in [2.05, 4.69) is 9.71 Å². The lowest BCUT2D eigenvalue weighted by molar-refractivity contribution is 0.405. The molecule has 1 atom stereocenters. The van der Waals surface area contributed by atoms with Gasteiger partial charge in [-0.3, -0.25) is 9.78 Å². The number of nitrogens with two attached hydrogens (primary N) is 1. The summed E-state index contributed by atoms with van der Waals surface area (Å²) in [6, 6.07) is -0.395. The minimum atomic E-state index is -4.00. The van der Waals surface area contributed by atoms with E-state index >= 15 is 0 Å². The Morgan fingerprint density at radius 2 is 2.00 bits per heavy atom. The van der Waals surface area contributed by atoms with Crippen LogP contribution in [0.4, 0.5) is 0 Å². The fraction of sp³-hybridized carbons (Fsp3) is 0.636. The summed E-state index contributed by atoms with van der Waals surface area (Å²) in [5.74, 6) is 0.191. The third kappa shape index (κ3) is 3.17. The van der Waals surface area contributed by atoms with Gasteiger partial charge in [0, 0.05) is 18.8 Å². The largest absolute Gasteiger partial charge is 0.329 e. The molecule has 1 unspecified atom stereocenters. The second-order valence-corrected chi connectivity index (χ2v) is 6.63. The Labute approximate surface area is 115 Å². The topological polar surface area (TPSA) is 138 Å². The average molecular weight is 302 g/mol. The lowest BCUT2D eigenvalue weighted by Crippen LogP contribution is -2.46. The molecule has 1 aliphatic carbocycles. The standard InChI is InChI=1S/C11H18N4O4S/c12-5-8(7-3-1-2-4-7)15-20(18,19)9-6-13-11(17)14-10(9)16/h6-8,15H,1-5,12H2,(H2,13,14,16,17). The fourth-order valence-electron chi connectivity index (χ4n) is 2.56. The van der Waals surface area contributed by atoms with Gasteiger partial charge in [0.1, 0.15) is 0 Å². The zero-order valence-electron chi connectivity index (χ0n) is 10.9. The normalized spacial score (nSPS) is 18.2. The maximum atomic E-state index is 12.2. The number of sulfonamides is 1. The number of nitrogens with one attached hydrogen (secondary N) is 3. The molecule has 1 heterocycles. The van der Waals surface area contributed by atoms with Crippen LogP contribution in [0.25, 0.3) is 0 Å². The quantitative estimate of drug-likeness (QED) is 0.544. The zero-order chi connectivity index (χ0) is 14.8. The van der Waals surface area contributed by atoms with Crippen LogP contribution < -0.4 is 21.7 Å². The summed E-state index contributed by atoms with van der Waals surface area (Å²) in [6.45, 7) is 0.172. The first-order chi connectivity index (χ1) is 9.44. The third-order valence-corrected chi connectivity index (χ3v) is 5.10. The van der Waals surface area contributed by atoms with Crippen molar-refractivity contribution in [3.8, 4) is 0 Å². The molecule has 0 saturated heterocycles. The van der Waals surface area contributed by atoms with Crippen LogP contribution in [0, 0.1) is 5.92 Å². The predicted molar refractivity (Wildman–Crippen MR) is 72.8 cm³/mol. The molecule has 1 aliphatic rings. The van der Waals surface area contributed by atoms with Crippen molar-refractivity contribution in [2.24, 2.45) is 11.7 Å². The van der Waals surface area contributed by atoms with Gasteiger partial charge < -0.3 is 10.7 Å². The number of aromatic amines is 2. The van der Waals surface area contributed by atoms with Gasteiger partial charge in [0.2, 0.25) is 10.0 Å². The van der Waals surface area contributed by atoms with Crippen molar-refractivity contribution >= 4 is 10.0 Å². The van der Waals surface area contributed by atoms with E-state index in [9.17, 15) is 18.0 Å². The van der Waals surface area contributed by atoms with Crippen molar-refractivity contribution in [1.82, 2.24) is 14.7 Å². The SMILES string of the molecule is NCC(NS(=O)(=O)c1c[nH]c(=O)[nH]c1=O)C1CCCC1. The third-order valence-electron chi connectivity index (χ3n) is 3.60. The van der Waals surface area contributed by atoms with Crippen LogP contribution >= 0.6 is 0 Å². The molecule has 0 spiro atoms. The van der Waals surface area contributed by atoms with Crippen LogP contribution in [0.2, 0.25) is 0 Å². The van der Waals surface area contributed by atoms with Gasteiger partial charge in [-0.1, -0.05) is 12.8 Å². The molecule has 9 heteroatoms. The van der Waals surface area contributed by atoms with E-state index in [1.165, 1.54) is 0 Å². The monoisotopic (exact) mass is 302 g/mol. The lowest BCUT2D eigenvalue weighted by Gasteiger charge is -2.22. The van der Waals surface area contributed by atoms with E-state index in [1.807, 2.05) is 4.98 Å². The Kier molecular flexibility index (Phi) is 4.41. The molecule has 0 bridgehead atoms. The highest BCUT2D eigenvalue weighted by molar-refractivity contribution is 7.89. The summed E-state index contributed by atoms with van der Waals surface area (Å²) in [6.07, 6.45) is 4.86. The van der Waals surface area contributed by atoms with E-state index in [0.29, 0.717) is 0 Å². The Morgan fingerprint density at radius 1 is 1.35 bits per heavy atom. The number of hydrogen-bond donors (Lipinski definition) is 4. The highest BCUT2D eigenvalue weighted by atomic mass is 32.2. The van der Waals surface area contributed by atoms with Crippen LogP contribution in [0.5, 0.6) is 0 Å². The van der Waals surface area contributed by atoms with Crippen LogP contribution in [0.15, 0.2) is 20.7 Å². The van der Waals surface area contributed by atoms with Gasteiger partial charge >= 0.3 is 5.69 Å². The Morgan fingerprint density at radius 3 is 2.55 bits per heavy atom. The van der Waals surface area contributed by atoms with E-state index in [-0.39, 0.29) is 12.5 Å². The maximum Gasteiger partial charge on any atom is 0.325 e. The smallest absolute Gasteiger partial charge is 0.325 e. The summed E-state index contributed by atoms with van der Waals surface area (Å²) in [4.78, 5) is 26.0. The summed E-state index contributed by atoms with van der Waals surface area (Å²) >= 11 is 0. The summed E-state index contributed by atoms with van der Waals surface area (Å²) in [5, 5.41) is 0. The molecular weight excluding hydrogens is 284 g/mol. The fourth-order valence-corrected chi connectivity index (χ4v) is 3.88. The van der Waals surface area contributed by atoms with E-state index in [4.69, 9.17) is 5.73 Å². The second-order valence-electron chi connectivity index (χ2n) is 4.94. The first-order valence-corrected chi connectivity index (χ1v) is 7.97. The van der Waals surface area contributed by atoms with Crippen molar-refractivity contribution in [1.29, 1.82) is 0 Å². The minimum absolute atomic E-state index is 0.172. The number of aromatic nitrogens is 2. The molecule has 0 aromatic carbocycles. The van der Waals surface area contributed by atoms with Crippen LogP contribution in [-0.4, -0.2) is 31.0 Å². The second kappa shape index (κ2) is 5.90. The Hall–Kier alpha value is -1.45. The molecule has 1 fully saturated rings. The molecule has 112 valence electrons. The van der Waals surface area contributed by atoms with Gasteiger partial charge in [0.25, 0.3) is 5.56 Å². The number of hydrogen-bond acceptors (Lipinski definition) is 5. The molecule has 1 aromatic heterocycles. The van der Waals surface area contributed by atoms with Crippen LogP contribution in [0.3, 0.4) is 0 Å². The van der Waals surface area contributed by atoms with Crippen molar-refractivity contribution < 1.29 is 8.42 Å². The molecule has 5 N–H and O–H groups in total. The summed E-state index contributed by atoms with van der Waals surface area (Å²) in [7, 11) is -4.00.